The first kappa shape index (κ1) is 14.8. The van der Waals surface area contributed by atoms with Crippen molar-refractivity contribution in [1.29, 1.82) is 0 Å². The van der Waals surface area contributed by atoms with E-state index >= 15 is 0 Å². The molecule has 1 aliphatic rings. The van der Waals surface area contributed by atoms with Crippen LogP contribution >= 0.6 is 0 Å². The Hall–Kier alpha value is -1.63. The van der Waals surface area contributed by atoms with Gasteiger partial charge in [0.1, 0.15) is 0 Å². The van der Waals surface area contributed by atoms with Crippen molar-refractivity contribution >= 4 is 17.8 Å². The predicted octanol–water partition coefficient (Wildman–Crippen LogP) is 0.942. The first-order valence-corrected chi connectivity index (χ1v) is 7.21. The highest BCUT2D eigenvalue weighted by Gasteiger charge is 2.17. The average Bonchev–Trinajstić information content (AvgIpc) is 2.98. The highest BCUT2D eigenvalue weighted by molar-refractivity contribution is 5.44. The van der Waals surface area contributed by atoms with Gasteiger partial charge >= 0.3 is 0 Å². The van der Waals surface area contributed by atoms with E-state index in [1.54, 1.807) is 7.05 Å². The van der Waals surface area contributed by atoms with Crippen LogP contribution in [-0.2, 0) is 0 Å². The van der Waals surface area contributed by atoms with E-state index in [1.165, 1.54) is 12.8 Å². The van der Waals surface area contributed by atoms with Gasteiger partial charge in [-0.25, -0.2) is 0 Å². The van der Waals surface area contributed by atoms with Crippen LogP contribution in [0, 0.1) is 5.92 Å². The fraction of sp³-hybridized carbons (Fsp3) is 0.769. The number of aliphatic hydroxyl groups is 1. The second kappa shape index (κ2) is 6.69. The lowest BCUT2D eigenvalue weighted by Gasteiger charge is -2.18. The second-order valence-electron chi connectivity index (χ2n) is 5.42. The monoisotopic (exact) mass is 280 g/mol. The molecule has 2 rings (SSSR count). The maximum Gasteiger partial charge on any atom is 0.231 e. The summed E-state index contributed by atoms with van der Waals surface area (Å²) in [5.74, 6) is 1.95. The molecular weight excluding hydrogens is 256 g/mol. The Morgan fingerprint density at radius 3 is 2.40 bits per heavy atom. The molecule has 0 bridgehead atoms. The Morgan fingerprint density at radius 1 is 1.15 bits per heavy atom. The molecule has 1 aromatic heterocycles. The number of aliphatic hydroxyl groups excluding tert-OH is 1. The van der Waals surface area contributed by atoms with Gasteiger partial charge < -0.3 is 20.6 Å². The first-order chi connectivity index (χ1) is 9.60. The van der Waals surface area contributed by atoms with Crippen molar-refractivity contribution in [1.82, 2.24) is 15.0 Å². The van der Waals surface area contributed by atoms with Crippen molar-refractivity contribution in [3.63, 3.8) is 0 Å². The predicted molar refractivity (Wildman–Crippen MR) is 80.2 cm³/mol. The lowest BCUT2D eigenvalue weighted by Crippen LogP contribution is -2.27. The summed E-state index contributed by atoms with van der Waals surface area (Å²) in [6, 6.07) is 0. The number of nitrogens with one attached hydrogen (secondary N) is 2. The first-order valence-electron chi connectivity index (χ1n) is 7.21. The number of nitrogens with zero attached hydrogens (tertiary/aromatic N) is 4. The third kappa shape index (κ3) is 3.69. The lowest BCUT2D eigenvalue weighted by atomic mass is 10.1. The van der Waals surface area contributed by atoms with Gasteiger partial charge in [0.05, 0.1) is 6.10 Å². The summed E-state index contributed by atoms with van der Waals surface area (Å²) >= 11 is 0. The number of hydrogen-bond donors (Lipinski definition) is 3. The molecule has 0 radical (unpaired) electrons. The van der Waals surface area contributed by atoms with E-state index in [-0.39, 0.29) is 5.92 Å². The smallest absolute Gasteiger partial charge is 0.231 e. The van der Waals surface area contributed by atoms with Crippen LogP contribution in [0.25, 0.3) is 0 Å². The van der Waals surface area contributed by atoms with E-state index in [0.717, 1.165) is 13.1 Å². The van der Waals surface area contributed by atoms with Crippen LogP contribution in [-0.4, -0.2) is 52.8 Å². The quantitative estimate of drug-likeness (QED) is 0.715. The highest BCUT2D eigenvalue weighted by Crippen LogP contribution is 2.18. The van der Waals surface area contributed by atoms with Crippen molar-refractivity contribution in [2.24, 2.45) is 5.92 Å². The molecule has 112 valence electrons. The van der Waals surface area contributed by atoms with Crippen LogP contribution in [0.3, 0.4) is 0 Å². The third-order valence-electron chi connectivity index (χ3n) is 3.47. The Morgan fingerprint density at radius 2 is 1.80 bits per heavy atom. The Balaban J connectivity index is 2.09. The zero-order chi connectivity index (χ0) is 14.5. The standard InChI is InChI=1S/C13H24N6O/c1-9(2)10(20)8-15-12-16-11(14-3)17-13(18-12)19-6-4-5-7-19/h9-10,20H,4-8H2,1-3H3,(H2,14,15,16,17,18). The molecule has 3 N–H and O–H groups in total. The van der Waals surface area contributed by atoms with Crippen LogP contribution < -0.4 is 15.5 Å². The number of aromatic nitrogens is 3. The van der Waals surface area contributed by atoms with Crippen LogP contribution in [0.2, 0.25) is 0 Å². The number of anilines is 3. The van der Waals surface area contributed by atoms with Crippen molar-refractivity contribution in [2.75, 3.05) is 42.2 Å². The number of rotatable bonds is 6. The molecule has 1 fully saturated rings. The molecule has 1 unspecified atom stereocenters. The zero-order valence-electron chi connectivity index (χ0n) is 12.4. The molecule has 0 spiro atoms. The maximum absolute atomic E-state index is 9.84. The summed E-state index contributed by atoms with van der Waals surface area (Å²) in [5.41, 5.74) is 0. The topological polar surface area (TPSA) is 86.2 Å². The largest absolute Gasteiger partial charge is 0.391 e. The van der Waals surface area contributed by atoms with Gasteiger partial charge in [-0.2, -0.15) is 15.0 Å². The van der Waals surface area contributed by atoms with E-state index in [4.69, 9.17) is 0 Å². The SMILES string of the molecule is CNc1nc(NCC(O)C(C)C)nc(N2CCCC2)n1. The lowest BCUT2D eigenvalue weighted by molar-refractivity contribution is 0.137. The molecule has 1 aromatic rings. The van der Waals surface area contributed by atoms with Gasteiger partial charge in [0.25, 0.3) is 0 Å². The molecule has 1 aliphatic heterocycles. The van der Waals surface area contributed by atoms with E-state index in [9.17, 15) is 5.11 Å². The fourth-order valence-corrected chi connectivity index (χ4v) is 2.05. The molecule has 1 saturated heterocycles. The summed E-state index contributed by atoms with van der Waals surface area (Å²) in [5, 5.41) is 15.9. The van der Waals surface area contributed by atoms with Crippen molar-refractivity contribution in [3.8, 4) is 0 Å². The number of hydrogen-bond acceptors (Lipinski definition) is 7. The molecule has 20 heavy (non-hydrogen) atoms. The second-order valence-corrected chi connectivity index (χ2v) is 5.42. The fourth-order valence-electron chi connectivity index (χ4n) is 2.05. The molecule has 7 heteroatoms. The molecule has 2 heterocycles. The minimum absolute atomic E-state index is 0.200. The van der Waals surface area contributed by atoms with Gasteiger partial charge in [0.15, 0.2) is 0 Å². The summed E-state index contributed by atoms with van der Waals surface area (Å²) in [6.07, 6.45) is 1.94. The van der Waals surface area contributed by atoms with Crippen molar-refractivity contribution < 1.29 is 5.11 Å². The molecule has 0 saturated carbocycles. The Kier molecular flexibility index (Phi) is 4.94. The highest BCUT2D eigenvalue weighted by atomic mass is 16.3. The van der Waals surface area contributed by atoms with Gasteiger partial charge in [-0.05, 0) is 18.8 Å². The normalized spacial score (nSPS) is 16.6. The summed E-state index contributed by atoms with van der Waals surface area (Å²) in [6.45, 7) is 6.37. The van der Waals surface area contributed by atoms with Gasteiger partial charge in [-0.3, -0.25) is 0 Å². The summed E-state index contributed by atoms with van der Waals surface area (Å²) in [7, 11) is 1.79. The van der Waals surface area contributed by atoms with Crippen molar-refractivity contribution in [3.05, 3.63) is 0 Å². The maximum atomic E-state index is 9.84. The molecule has 1 atom stereocenters. The van der Waals surface area contributed by atoms with Crippen LogP contribution in [0.15, 0.2) is 0 Å². The van der Waals surface area contributed by atoms with E-state index in [0.29, 0.717) is 24.4 Å². The van der Waals surface area contributed by atoms with Crippen molar-refractivity contribution in [2.45, 2.75) is 32.8 Å². The van der Waals surface area contributed by atoms with Gasteiger partial charge in [-0.15, -0.1) is 0 Å². The molecule has 0 amide bonds. The Labute approximate surface area is 119 Å². The van der Waals surface area contributed by atoms with Crippen LogP contribution in [0.1, 0.15) is 26.7 Å². The molecule has 7 nitrogen and oxygen atoms in total. The summed E-state index contributed by atoms with van der Waals surface area (Å²) in [4.78, 5) is 15.3. The van der Waals surface area contributed by atoms with E-state index in [1.807, 2.05) is 13.8 Å². The third-order valence-corrected chi connectivity index (χ3v) is 3.47. The average molecular weight is 280 g/mol. The van der Waals surface area contributed by atoms with Crippen LogP contribution in [0.4, 0.5) is 17.8 Å². The minimum atomic E-state index is -0.417. The van der Waals surface area contributed by atoms with Gasteiger partial charge in [-0.1, -0.05) is 13.8 Å². The van der Waals surface area contributed by atoms with Gasteiger partial charge in [0.2, 0.25) is 17.8 Å². The van der Waals surface area contributed by atoms with E-state index in [2.05, 4.69) is 30.5 Å². The Bertz CT molecular complexity index is 433. The van der Waals surface area contributed by atoms with Gasteiger partial charge in [0, 0.05) is 26.7 Å². The minimum Gasteiger partial charge on any atom is -0.391 e. The molecular formula is C13H24N6O. The molecule has 0 aliphatic carbocycles. The van der Waals surface area contributed by atoms with Crippen LogP contribution in [0.5, 0.6) is 0 Å². The zero-order valence-corrected chi connectivity index (χ0v) is 12.4. The van der Waals surface area contributed by atoms with E-state index < -0.39 is 6.10 Å². The summed E-state index contributed by atoms with van der Waals surface area (Å²) < 4.78 is 0. The molecule has 0 aromatic carbocycles.